The van der Waals surface area contributed by atoms with E-state index in [9.17, 15) is 14.9 Å². The molecule has 8 heteroatoms. The number of carbonyl (C=O) groups excluding carboxylic acids is 1. The maximum Gasteiger partial charge on any atom is 0.511 e. The maximum absolute atomic E-state index is 12.4. The van der Waals surface area contributed by atoms with Crippen LogP contribution in [-0.2, 0) is 0 Å². The topological polar surface area (TPSA) is 99.8 Å². The fraction of sp³-hybridized carbons (Fsp3) is 0.0588. The van der Waals surface area contributed by atoms with Crippen molar-refractivity contribution in [2.75, 3.05) is 0 Å². The normalized spacial score (nSPS) is 10.9. The van der Waals surface area contributed by atoms with Gasteiger partial charge in [-0.05, 0) is 58.2 Å². The minimum absolute atomic E-state index is 0.0893. The minimum atomic E-state index is -1.47. The number of aliphatic imine (C=N–C) groups is 1. The number of carbonyl (C=O) groups is 2. The van der Waals surface area contributed by atoms with Crippen LogP contribution in [0.4, 0.5) is 10.5 Å². The highest BCUT2D eigenvalue weighted by Gasteiger charge is 2.20. The summed E-state index contributed by atoms with van der Waals surface area (Å²) in [5, 5.41) is 18.2. The molecular formula is C17H10I2N2O4. The van der Waals surface area contributed by atoms with Crippen LogP contribution in [0.2, 0.25) is 0 Å². The number of nitriles is 1. The van der Waals surface area contributed by atoms with Crippen LogP contribution in [0, 0.1) is 18.5 Å². The summed E-state index contributed by atoms with van der Waals surface area (Å²) in [6, 6.07) is 12.1. The number of hydrogen-bond donors (Lipinski definition) is 1. The molecule has 0 aromatic heterocycles. The molecule has 6 nitrogen and oxygen atoms in total. The van der Waals surface area contributed by atoms with Gasteiger partial charge in [0, 0.05) is 5.56 Å². The zero-order chi connectivity index (χ0) is 18.6. The summed E-state index contributed by atoms with van der Waals surface area (Å²) in [4.78, 5) is 27.6. The van der Waals surface area contributed by atoms with Gasteiger partial charge in [0.2, 0.25) is 5.78 Å². The first-order valence-corrected chi connectivity index (χ1v) is 8.98. The number of benzene rings is 2. The Morgan fingerprint density at radius 1 is 1.24 bits per heavy atom. The zero-order valence-electron chi connectivity index (χ0n) is 12.8. The van der Waals surface area contributed by atoms with Gasteiger partial charge in [-0.25, -0.2) is 9.79 Å². The molecule has 25 heavy (non-hydrogen) atoms. The molecule has 2 rings (SSSR count). The number of hydrogen-bond acceptors (Lipinski definition) is 5. The number of carboxylic acid groups (broad SMARTS) is 1. The largest absolute Gasteiger partial charge is 0.511 e. The second kappa shape index (κ2) is 8.39. The molecule has 0 aliphatic heterocycles. The Morgan fingerprint density at radius 3 is 2.44 bits per heavy atom. The summed E-state index contributed by atoms with van der Waals surface area (Å²) in [5.74, 6) is -0.189. The Hall–Kier alpha value is -2.00. The molecule has 0 fully saturated rings. The van der Waals surface area contributed by atoms with Crippen molar-refractivity contribution in [1.82, 2.24) is 0 Å². The fourth-order valence-corrected chi connectivity index (χ4v) is 4.00. The highest BCUT2D eigenvalue weighted by atomic mass is 127. The van der Waals surface area contributed by atoms with Crippen molar-refractivity contribution in [1.29, 1.82) is 5.26 Å². The molecule has 0 bridgehead atoms. The molecule has 1 N–H and O–H groups in total. The average Bonchev–Trinajstić information content (AvgIpc) is 2.60. The molecule has 0 heterocycles. The molecule has 0 radical (unpaired) electrons. The number of ether oxygens (including phenoxy) is 1. The lowest BCUT2D eigenvalue weighted by Gasteiger charge is -2.10. The predicted octanol–water partition coefficient (Wildman–Crippen LogP) is 4.80. The predicted molar refractivity (Wildman–Crippen MR) is 109 cm³/mol. The fourth-order valence-electron chi connectivity index (χ4n) is 1.98. The molecule has 0 amide bonds. The smallest absolute Gasteiger partial charge is 0.449 e. The molecule has 0 aliphatic rings. The third kappa shape index (κ3) is 4.55. The van der Waals surface area contributed by atoms with Crippen LogP contribution in [0.25, 0.3) is 0 Å². The van der Waals surface area contributed by atoms with Gasteiger partial charge < -0.3 is 9.84 Å². The van der Waals surface area contributed by atoms with Gasteiger partial charge in [0.25, 0.3) is 0 Å². The molecular weight excluding hydrogens is 550 g/mol. The molecule has 0 spiro atoms. The van der Waals surface area contributed by atoms with Gasteiger partial charge in [-0.15, -0.1) is 0 Å². The van der Waals surface area contributed by atoms with Crippen LogP contribution in [0.3, 0.4) is 0 Å². The Balaban J connectivity index is 2.56. The van der Waals surface area contributed by atoms with Gasteiger partial charge in [0.15, 0.2) is 5.75 Å². The van der Waals surface area contributed by atoms with Crippen molar-refractivity contribution in [2.45, 2.75) is 6.92 Å². The lowest BCUT2D eigenvalue weighted by molar-refractivity contribution is 0.106. The number of rotatable bonds is 4. The van der Waals surface area contributed by atoms with Crippen LogP contribution in [0.1, 0.15) is 22.8 Å². The molecule has 126 valence electrons. The summed E-state index contributed by atoms with van der Waals surface area (Å²) < 4.78 is 5.60. The van der Waals surface area contributed by atoms with Crippen LogP contribution < -0.4 is 4.74 Å². The number of Topliss-reactive ketones (excluding diaryl/α,β-unsaturated/α-hetero) is 1. The molecule has 0 atom stereocenters. The molecule has 0 saturated heterocycles. The van der Waals surface area contributed by atoms with Crippen molar-refractivity contribution < 1.29 is 19.4 Å². The van der Waals surface area contributed by atoms with E-state index in [4.69, 9.17) is 9.84 Å². The van der Waals surface area contributed by atoms with E-state index < -0.39 is 6.16 Å². The number of nitrogens with zero attached hydrogens (tertiary/aromatic N) is 2. The number of ketones is 1. The van der Waals surface area contributed by atoms with Gasteiger partial charge in [-0.1, -0.05) is 30.3 Å². The van der Waals surface area contributed by atoms with E-state index in [1.807, 2.05) is 51.3 Å². The zero-order valence-corrected chi connectivity index (χ0v) is 17.1. The van der Waals surface area contributed by atoms with Crippen LogP contribution in [0.5, 0.6) is 5.75 Å². The monoisotopic (exact) mass is 560 g/mol. The van der Waals surface area contributed by atoms with Crippen molar-refractivity contribution in [3.8, 4) is 11.8 Å². The van der Waals surface area contributed by atoms with Crippen molar-refractivity contribution >= 4 is 68.5 Å². The highest BCUT2D eigenvalue weighted by Crippen LogP contribution is 2.38. The van der Waals surface area contributed by atoms with Gasteiger partial charge in [-0.2, -0.15) is 5.26 Å². The van der Waals surface area contributed by atoms with E-state index in [1.165, 1.54) is 6.07 Å². The van der Waals surface area contributed by atoms with E-state index in [-0.39, 0.29) is 28.5 Å². The summed E-state index contributed by atoms with van der Waals surface area (Å²) >= 11 is 3.74. The summed E-state index contributed by atoms with van der Waals surface area (Å²) in [6.45, 7) is 1.54. The lowest BCUT2D eigenvalue weighted by atomic mass is 10.1. The minimum Gasteiger partial charge on any atom is -0.449 e. The molecule has 2 aromatic carbocycles. The lowest BCUT2D eigenvalue weighted by Crippen LogP contribution is -2.11. The first-order valence-electron chi connectivity index (χ1n) is 6.83. The Kier molecular flexibility index (Phi) is 6.49. The summed E-state index contributed by atoms with van der Waals surface area (Å²) in [5.41, 5.74) is 1.10. The third-order valence-corrected chi connectivity index (χ3v) is 4.91. The third-order valence-electron chi connectivity index (χ3n) is 3.10. The van der Waals surface area contributed by atoms with Crippen LogP contribution in [0.15, 0.2) is 41.4 Å². The van der Waals surface area contributed by atoms with Crippen LogP contribution >= 0.6 is 45.2 Å². The molecule has 0 unspecified atom stereocenters. The van der Waals surface area contributed by atoms with Gasteiger partial charge in [0.05, 0.1) is 24.1 Å². The van der Waals surface area contributed by atoms with Crippen molar-refractivity contribution in [3.63, 3.8) is 0 Å². The second-order valence-corrected chi connectivity index (χ2v) is 7.01. The van der Waals surface area contributed by atoms with Crippen molar-refractivity contribution in [3.05, 3.63) is 54.7 Å². The van der Waals surface area contributed by atoms with E-state index >= 15 is 0 Å². The van der Waals surface area contributed by atoms with E-state index in [2.05, 4.69) is 4.99 Å². The second-order valence-electron chi connectivity index (χ2n) is 4.77. The highest BCUT2D eigenvalue weighted by molar-refractivity contribution is 14.1. The van der Waals surface area contributed by atoms with Gasteiger partial charge >= 0.3 is 6.16 Å². The Morgan fingerprint density at radius 2 is 1.88 bits per heavy atom. The van der Waals surface area contributed by atoms with Crippen LogP contribution in [-0.4, -0.2) is 22.8 Å². The Labute approximate surface area is 170 Å². The van der Waals surface area contributed by atoms with Crippen molar-refractivity contribution in [2.24, 2.45) is 4.99 Å². The van der Waals surface area contributed by atoms with E-state index in [1.54, 1.807) is 37.3 Å². The van der Waals surface area contributed by atoms with Gasteiger partial charge in [-0.3, -0.25) is 4.79 Å². The molecule has 0 saturated carbocycles. The molecule has 2 aromatic rings. The quantitative estimate of drug-likeness (QED) is 0.191. The first-order chi connectivity index (χ1) is 11.8. The standard InChI is InChI=1S/C17H10I2N2O4/c1-9(15(22)10-5-3-2-4-6-10)21-14-11(8-20)7-12(18)16(13(14)19)25-17(23)24/h2-7H,1H3,(H,23,24). The molecule has 0 aliphatic carbocycles. The first kappa shape index (κ1) is 19.3. The van der Waals surface area contributed by atoms with E-state index in [0.717, 1.165) is 0 Å². The SMILES string of the molecule is CC(=Nc1c(C#N)cc(I)c(OC(=O)O)c1I)C(=O)c1ccccc1. The summed E-state index contributed by atoms with van der Waals surface area (Å²) in [7, 11) is 0. The average molecular weight is 560 g/mol. The number of halogens is 2. The summed E-state index contributed by atoms with van der Waals surface area (Å²) in [6.07, 6.45) is -1.47. The van der Waals surface area contributed by atoms with E-state index in [0.29, 0.717) is 12.7 Å². The Bertz CT molecular complexity index is 918. The van der Waals surface area contributed by atoms with Gasteiger partial charge in [0.1, 0.15) is 6.07 Å². The maximum atomic E-state index is 12.4.